The first-order valence-corrected chi connectivity index (χ1v) is 5.53. The molecule has 0 aliphatic carbocycles. The van der Waals surface area contributed by atoms with Gasteiger partial charge < -0.3 is 14.5 Å². The summed E-state index contributed by atoms with van der Waals surface area (Å²) in [5.74, 6) is 0. The van der Waals surface area contributed by atoms with Crippen molar-refractivity contribution in [3.63, 3.8) is 0 Å². The molecule has 2 aliphatic rings. The highest BCUT2D eigenvalue weighted by molar-refractivity contribution is 5.83. The minimum Gasteiger partial charge on any atom is -0.359 e. The Morgan fingerprint density at radius 2 is 1.07 bits per heavy atom. The summed E-state index contributed by atoms with van der Waals surface area (Å²) >= 11 is 0. The van der Waals surface area contributed by atoms with Crippen LogP contribution in [0.1, 0.15) is 25.7 Å². The first kappa shape index (κ1) is 10.3. The van der Waals surface area contributed by atoms with Gasteiger partial charge in [0.15, 0.2) is 0 Å². The maximum absolute atomic E-state index is 11.5. The van der Waals surface area contributed by atoms with Crippen molar-refractivity contribution in [2.45, 2.75) is 25.7 Å². The molecule has 2 rings (SSSR count). The lowest BCUT2D eigenvalue weighted by Gasteiger charge is -2.18. The molecular weight excluding hydrogens is 196 g/mol. The number of rotatable bonds is 0. The molecule has 5 nitrogen and oxygen atoms in total. The molecule has 2 saturated heterocycles. The summed E-state index contributed by atoms with van der Waals surface area (Å²) in [7, 11) is 0. The largest absolute Gasteiger partial charge is 0.418 e. The lowest BCUT2D eigenvalue weighted by molar-refractivity contribution is 0.104. The Balaban J connectivity index is 1.79. The minimum atomic E-state index is -0.482. The third-order valence-corrected chi connectivity index (χ3v) is 2.90. The predicted octanol–water partition coefficient (Wildman–Crippen LogP) is 1.43. The van der Waals surface area contributed by atoms with Gasteiger partial charge in [-0.3, -0.25) is 0 Å². The van der Waals surface area contributed by atoms with E-state index in [1.807, 2.05) is 0 Å². The van der Waals surface area contributed by atoms with Crippen LogP contribution < -0.4 is 0 Å². The molecule has 0 bridgehead atoms. The zero-order chi connectivity index (χ0) is 10.7. The average molecular weight is 212 g/mol. The highest BCUT2D eigenvalue weighted by Crippen LogP contribution is 2.12. The lowest BCUT2D eigenvalue weighted by atomic mass is 10.4. The Kier molecular flexibility index (Phi) is 3.08. The van der Waals surface area contributed by atoms with Gasteiger partial charge in [-0.05, 0) is 25.7 Å². The summed E-state index contributed by atoms with van der Waals surface area (Å²) in [6.07, 6.45) is 3.06. The van der Waals surface area contributed by atoms with Crippen LogP contribution in [0.15, 0.2) is 0 Å². The molecule has 5 heteroatoms. The van der Waals surface area contributed by atoms with E-state index in [1.165, 1.54) is 0 Å². The fraction of sp³-hybridized carbons (Fsp3) is 0.800. The molecule has 15 heavy (non-hydrogen) atoms. The molecule has 0 saturated carbocycles. The summed E-state index contributed by atoms with van der Waals surface area (Å²) in [6, 6.07) is 0. The lowest BCUT2D eigenvalue weighted by Crippen LogP contribution is -2.36. The van der Waals surface area contributed by atoms with Gasteiger partial charge in [0.05, 0.1) is 0 Å². The number of likely N-dealkylation sites (tertiary alicyclic amines) is 2. The fourth-order valence-corrected chi connectivity index (χ4v) is 2.00. The van der Waals surface area contributed by atoms with Crippen LogP contribution in [0, 0.1) is 0 Å². The number of hydrogen-bond donors (Lipinski definition) is 0. The standard InChI is InChI=1S/C10H16N2O3/c13-9(11-5-1-2-6-11)15-10(14)12-7-3-4-8-12/h1-8H2. The third-order valence-electron chi connectivity index (χ3n) is 2.90. The number of nitrogens with zero attached hydrogens (tertiary/aromatic N) is 2. The Morgan fingerprint density at radius 1 is 0.733 bits per heavy atom. The number of carbonyl (C=O) groups is 2. The molecule has 0 unspecified atom stereocenters. The van der Waals surface area contributed by atoms with E-state index in [4.69, 9.17) is 4.74 Å². The molecule has 0 spiro atoms. The van der Waals surface area contributed by atoms with Crippen molar-refractivity contribution < 1.29 is 14.3 Å². The molecule has 0 radical (unpaired) electrons. The first-order chi connectivity index (χ1) is 7.27. The molecule has 0 atom stereocenters. The van der Waals surface area contributed by atoms with Crippen LogP contribution in [0.25, 0.3) is 0 Å². The van der Waals surface area contributed by atoms with E-state index < -0.39 is 12.2 Å². The summed E-state index contributed by atoms with van der Waals surface area (Å²) in [6.45, 7) is 2.86. The molecule has 2 heterocycles. The summed E-state index contributed by atoms with van der Waals surface area (Å²) in [4.78, 5) is 26.1. The maximum atomic E-state index is 11.5. The van der Waals surface area contributed by atoms with Crippen LogP contribution in [-0.4, -0.2) is 48.2 Å². The van der Waals surface area contributed by atoms with E-state index in [0.29, 0.717) is 26.2 Å². The average Bonchev–Trinajstić information content (AvgIpc) is 2.91. The van der Waals surface area contributed by atoms with E-state index in [1.54, 1.807) is 9.80 Å². The molecule has 0 aromatic carbocycles. The van der Waals surface area contributed by atoms with Crippen molar-refractivity contribution in [1.29, 1.82) is 0 Å². The number of amides is 2. The van der Waals surface area contributed by atoms with Gasteiger partial charge in [-0.25, -0.2) is 9.59 Å². The van der Waals surface area contributed by atoms with E-state index in [-0.39, 0.29) is 0 Å². The molecule has 84 valence electrons. The summed E-state index contributed by atoms with van der Waals surface area (Å²) in [5, 5.41) is 0. The highest BCUT2D eigenvalue weighted by atomic mass is 16.6. The predicted molar refractivity (Wildman–Crippen MR) is 53.5 cm³/mol. The molecular formula is C10H16N2O3. The van der Waals surface area contributed by atoms with Crippen molar-refractivity contribution in [2.75, 3.05) is 26.2 Å². The SMILES string of the molecule is O=C(OC(=O)N1CCCC1)N1CCCC1. The van der Waals surface area contributed by atoms with Crippen LogP contribution in [0.3, 0.4) is 0 Å². The van der Waals surface area contributed by atoms with Gasteiger partial charge in [0, 0.05) is 26.2 Å². The van der Waals surface area contributed by atoms with Gasteiger partial charge in [-0.15, -0.1) is 0 Å². The van der Waals surface area contributed by atoms with Gasteiger partial charge in [0.25, 0.3) is 0 Å². The minimum absolute atomic E-state index is 0.482. The van der Waals surface area contributed by atoms with Crippen molar-refractivity contribution in [3.05, 3.63) is 0 Å². The number of ether oxygens (including phenoxy) is 1. The van der Waals surface area contributed by atoms with Crippen LogP contribution in [0.4, 0.5) is 9.59 Å². The van der Waals surface area contributed by atoms with Gasteiger partial charge in [-0.2, -0.15) is 0 Å². The van der Waals surface area contributed by atoms with Gasteiger partial charge in [0.1, 0.15) is 0 Å². The van der Waals surface area contributed by atoms with Gasteiger partial charge in [0.2, 0.25) is 0 Å². The second kappa shape index (κ2) is 4.51. The van der Waals surface area contributed by atoms with E-state index >= 15 is 0 Å². The highest BCUT2D eigenvalue weighted by Gasteiger charge is 2.26. The van der Waals surface area contributed by atoms with Crippen molar-refractivity contribution in [1.82, 2.24) is 9.80 Å². The quantitative estimate of drug-likeness (QED) is 0.571. The molecule has 0 aromatic heterocycles. The first-order valence-electron chi connectivity index (χ1n) is 5.53. The van der Waals surface area contributed by atoms with Crippen molar-refractivity contribution in [3.8, 4) is 0 Å². The molecule has 2 aliphatic heterocycles. The monoisotopic (exact) mass is 212 g/mol. The van der Waals surface area contributed by atoms with E-state index in [0.717, 1.165) is 25.7 Å². The summed E-state index contributed by atoms with van der Waals surface area (Å²) in [5.41, 5.74) is 0. The van der Waals surface area contributed by atoms with Crippen molar-refractivity contribution in [2.24, 2.45) is 0 Å². The zero-order valence-electron chi connectivity index (χ0n) is 8.78. The topological polar surface area (TPSA) is 49.9 Å². The van der Waals surface area contributed by atoms with Crippen molar-refractivity contribution >= 4 is 12.2 Å². The number of hydrogen-bond acceptors (Lipinski definition) is 3. The Morgan fingerprint density at radius 3 is 1.40 bits per heavy atom. The molecule has 0 aromatic rings. The van der Waals surface area contributed by atoms with Gasteiger partial charge >= 0.3 is 12.2 Å². The molecule has 2 fully saturated rings. The van der Waals surface area contributed by atoms with Crippen LogP contribution in [0.5, 0.6) is 0 Å². The van der Waals surface area contributed by atoms with Crippen LogP contribution in [-0.2, 0) is 4.74 Å². The fourth-order valence-electron chi connectivity index (χ4n) is 2.00. The third kappa shape index (κ3) is 2.40. The van der Waals surface area contributed by atoms with E-state index in [9.17, 15) is 9.59 Å². The van der Waals surface area contributed by atoms with Gasteiger partial charge in [-0.1, -0.05) is 0 Å². The second-order valence-corrected chi connectivity index (χ2v) is 4.02. The Hall–Kier alpha value is -1.26. The van der Waals surface area contributed by atoms with Crippen LogP contribution >= 0.6 is 0 Å². The maximum Gasteiger partial charge on any atom is 0.418 e. The Bertz CT molecular complexity index is 229. The van der Waals surface area contributed by atoms with Crippen LogP contribution in [0.2, 0.25) is 0 Å². The number of carbonyl (C=O) groups excluding carboxylic acids is 2. The van der Waals surface area contributed by atoms with E-state index in [2.05, 4.69) is 0 Å². The normalized spacial score (nSPS) is 20.8. The Labute approximate surface area is 89.0 Å². The second-order valence-electron chi connectivity index (χ2n) is 4.02. The zero-order valence-corrected chi connectivity index (χ0v) is 8.78. The molecule has 2 amide bonds. The summed E-state index contributed by atoms with van der Waals surface area (Å²) < 4.78 is 4.79. The smallest absolute Gasteiger partial charge is 0.359 e. The molecule has 0 N–H and O–H groups in total.